The summed E-state index contributed by atoms with van der Waals surface area (Å²) in [5.74, 6) is -0.921. The van der Waals surface area contributed by atoms with Crippen molar-refractivity contribution in [2.24, 2.45) is 0 Å². The highest BCUT2D eigenvalue weighted by atomic mass is 16.4. The Hall–Kier alpha value is -2.16. The van der Waals surface area contributed by atoms with Crippen molar-refractivity contribution in [1.29, 1.82) is 0 Å². The van der Waals surface area contributed by atoms with Gasteiger partial charge in [0.15, 0.2) is 0 Å². The summed E-state index contributed by atoms with van der Waals surface area (Å²) in [7, 11) is 0. The third-order valence-corrected chi connectivity index (χ3v) is 3.33. The minimum Gasteiger partial charge on any atom is -0.478 e. The number of pyridine rings is 1. The minimum absolute atomic E-state index is 0.293. The van der Waals surface area contributed by atoms with Crippen LogP contribution in [0.3, 0.4) is 0 Å². The molecule has 0 radical (unpaired) electrons. The van der Waals surface area contributed by atoms with Crippen LogP contribution in [-0.4, -0.2) is 16.1 Å². The van der Waals surface area contributed by atoms with Gasteiger partial charge in [-0.2, -0.15) is 0 Å². The second-order valence-corrected chi connectivity index (χ2v) is 4.42. The Labute approximate surface area is 112 Å². The molecule has 1 aromatic heterocycles. The Balaban J connectivity index is 2.56. The smallest absolute Gasteiger partial charge is 0.336 e. The normalized spacial score (nSPS) is 10.4. The summed E-state index contributed by atoms with van der Waals surface area (Å²) in [4.78, 5) is 15.3. The maximum atomic E-state index is 11.2. The number of aromatic carboxylic acids is 1. The Morgan fingerprint density at radius 1 is 1.16 bits per heavy atom. The van der Waals surface area contributed by atoms with Crippen LogP contribution in [0.1, 0.15) is 35.3 Å². The number of nitrogens with zero attached hydrogens (tertiary/aromatic N) is 1. The molecule has 0 amide bonds. The van der Waals surface area contributed by atoms with E-state index in [0.29, 0.717) is 11.1 Å². The number of hydrogen-bond donors (Lipinski definition) is 1. The van der Waals surface area contributed by atoms with E-state index in [1.54, 1.807) is 6.20 Å². The van der Waals surface area contributed by atoms with Crippen LogP contribution in [0.4, 0.5) is 0 Å². The predicted molar refractivity (Wildman–Crippen MR) is 75.4 cm³/mol. The van der Waals surface area contributed by atoms with Gasteiger partial charge in [0, 0.05) is 18.0 Å². The van der Waals surface area contributed by atoms with Gasteiger partial charge in [-0.3, -0.25) is 4.98 Å². The summed E-state index contributed by atoms with van der Waals surface area (Å²) in [6.07, 6.45) is 5.06. The summed E-state index contributed by atoms with van der Waals surface area (Å²) in [5, 5.41) is 9.23. The van der Waals surface area contributed by atoms with E-state index in [1.807, 2.05) is 6.07 Å². The van der Waals surface area contributed by atoms with Crippen LogP contribution in [0.2, 0.25) is 0 Å². The number of carbonyl (C=O) groups is 1. The Morgan fingerprint density at radius 2 is 1.89 bits per heavy atom. The molecule has 0 saturated heterocycles. The Bertz CT molecular complexity index is 605. The van der Waals surface area contributed by atoms with E-state index in [-0.39, 0.29) is 0 Å². The molecule has 0 spiro atoms. The standard InChI is InChI=1S/C16H17NO2/c1-3-11-5-6-13(9-12(11)4-2)15-10-17-8-7-14(15)16(18)19/h5-10H,3-4H2,1-2H3,(H,18,19). The van der Waals surface area contributed by atoms with Crippen molar-refractivity contribution < 1.29 is 9.90 Å². The monoisotopic (exact) mass is 255 g/mol. The Kier molecular flexibility index (Phi) is 3.95. The molecule has 19 heavy (non-hydrogen) atoms. The van der Waals surface area contributed by atoms with Crippen molar-refractivity contribution in [3.05, 3.63) is 53.3 Å². The van der Waals surface area contributed by atoms with Gasteiger partial charge in [-0.1, -0.05) is 32.0 Å². The fourth-order valence-corrected chi connectivity index (χ4v) is 2.28. The molecule has 0 fully saturated rings. The van der Waals surface area contributed by atoms with Crippen molar-refractivity contribution in [1.82, 2.24) is 4.98 Å². The molecule has 0 unspecified atom stereocenters. The van der Waals surface area contributed by atoms with Crippen LogP contribution in [-0.2, 0) is 12.8 Å². The molecule has 0 aliphatic heterocycles. The first-order chi connectivity index (χ1) is 9.17. The van der Waals surface area contributed by atoms with E-state index in [9.17, 15) is 9.90 Å². The van der Waals surface area contributed by atoms with Gasteiger partial charge in [-0.05, 0) is 35.6 Å². The molecular formula is C16H17NO2. The highest BCUT2D eigenvalue weighted by Gasteiger charge is 2.12. The number of rotatable bonds is 4. The van der Waals surface area contributed by atoms with Gasteiger partial charge in [0.05, 0.1) is 5.56 Å². The first kappa shape index (κ1) is 13.3. The molecule has 0 aliphatic rings. The van der Waals surface area contributed by atoms with E-state index in [1.165, 1.54) is 23.4 Å². The van der Waals surface area contributed by atoms with Crippen molar-refractivity contribution >= 4 is 5.97 Å². The Morgan fingerprint density at radius 3 is 2.53 bits per heavy atom. The summed E-state index contributed by atoms with van der Waals surface area (Å²) in [6, 6.07) is 7.66. The van der Waals surface area contributed by atoms with E-state index >= 15 is 0 Å². The summed E-state index contributed by atoms with van der Waals surface area (Å²) < 4.78 is 0. The van der Waals surface area contributed by atoms with Crippen LogP contribution in [0.25, 0.3) is 11.1 Å². The fraction of sp³-hybridized carbons (Fsp3) is 0.250. The zero-order valence-electron chi connectivity index (χ0n) is 11.2. The number of benzene rings is 1. The molecule has 0 aliphatic carbocycles. The van der Waals surface area contributed by atoms with E-state index in [2.05, 4.69) is 31.0 Å². The molecule has 0 saturated carbocycles. The third-order valence-electron chi connectivity index (χ3n) is 3.33. The van der Waals surface area contributed by atoms with Crippen LogP contribution < -0.4 is 0 Å². The maximum Gasteiger partial charge on any atom is 0.336 e. The van der Waals surface area contributed by atoms with E-state index in [0.717, 1.165) is 18.4 Å². The van der Waals surface area contributed by atoms with Crippen LogP contribution >= 0.6 is 0 Å². The average molecular weight is 255 g/mol. The molecule has 0 atom stereocenters. The summed E-state index contributed by atoms with van der Waals surface area (Å²) >= 11 is 0. The van der Waals surface area contributed by atoms with Crippen LogP contribution in [0.15, 0.2) is 36.7 Å². The molecule has 1 heterocycles. The number of aryl methyl sites for hydroxylation is 2. The zero-order chi connectivity index (χ0) is 13.8. The molecule has 2 aromatic rings. The minimum atomic E-state index is -0.921. The van der Waals surface area contributed by atoms with Crippen molar-refractivity contribution in [3.63, 3.8) is 0 Å². The van der Waals surface area contributed by atoms with E-state index in [4.69, 9.17) is 0 Å². The van der Waals surface area contributed by atoms with Gasteiger partial charge in [0.2, 0.25) is 0 Å². The molecule has 3 nitrogen and oxygen atoms in total. The van der Waals surface area contributed by atoms with Crippen LogP contribution in [0, 0.1) is 0 Å². The highest BCUT2D eigenvalue weighted by molar-refractivity contribution is 5.95. The highest BCUT2D eigenvalue weighted by Crippen LogP contribution is 2.26. The topological polar surface area (TPSA) is 50.2 Å². The van der Waals surface area contributed by atoms with Gasteiger partial charge in [0.25, 0.3) is 0 Å². The van der Waals surface area contributed by atoms with Gasteiger partial charge < -0.3 is 5.11 Å². The van der Waals surface area contributed by atoms with Gasteiger partial charge in [-0.25, -0.2) is 4.79 Å². The SMILES string of the molecule is CCc1ccc(-c2cnccc2C(=O)O)cc1CC. The second kappa shape index (κ2) is 5.65. The lowest BCUT2D eigenvalue weighted by Gasteiger charge is -2.10. The van der Waals surface area contributed by atoms with Crippen molar-refractivity contribution in [3.8, 4) is 11.1 Å². The number of aromatic nitrogens is 1. The zero-order valence-corrected chi connectivity index (χ0v) is 11.2. The molecule has 3 heteroatoms. The average Bonchev–Trinajstić information content (AvgIpc) is 2.46. The lowest BCUT2D eigenvalue weighted by atomic mass is 9.95. The lowest BCUT2D eigenvalue weighted by Crippen LogP contribution is -2.00. The quantitative estimate of drug-likeness (QED) is 0.908. The lowest BCUT2D eigenvalue weighted by molar-refractivity contribution is 0.0697. The van der Waals surface area contributed by atoms with Crippen molar-refractivity contribution in [2.45, 2.75) is 26.7 Å². The molecular weight excluding hydrogens is 238 g/mol. The van der Waals surface area contributed by atoms with E-state index < -0.39 is 5.97 Å². The van der Waals surface area contributed by atoms with Crippen LogP contribution in [0.5, 0.6) is 0 Å². The fourth-order valence-electron chi connectivity index (χ4n) is 2.28. The number of carboxylic acid groups (broad SMARTS) is 1. The number of hydrogen-bond acceptors (Lipinski definition) is 2. The number of carboxylic acids is 1. The third kappa shape index (κ3) is 2.65. The van der Waals surface area contributed by atoms with Gasteiger partial charge in [0.1, 0.15) is 0 Å². The predicted octanol–water partition coefficient (Wildman–Crippen LogP) is 3.57. The first-order valence-electron chi connectivity index (χ1n) is 6.46. The molecule has 0 bridgehead atoms. The summed E-state index contributed by atoms with van der Waals surface area (Å²) in [5.41, 5.74) is 4.46. The van der Waals surface area contributed by atoms with Crippen molar-refractivity contribution in [2.75, 3.05) is 0 Å². The molecule has 98 valence electrons. The second-order valence-electron chi connectivity index (χ2n) is 4.42. The van der Waals surface area contributed by atoms with Gasteiger partial charge in [-0.15, -0.1) is 0 Å². The maximum absolute atomic E-state index is 11.2. The largest absolute Gasteiger partial charge is 0.478 e. The molecule has 2 rings (SSSR count). The first-order valence-corrected chi connectivity index (χ1v) is 6.46. The van der Waals surface area contributed by atoms with Gasteiger partial charge >= 0.3 is 5.97 Å². The molecule has 1 aromatic carbocycles. The molecule has 1 N–H and O–H groups in total. The summed E-state index contributed by atoms with van der Waals surface area (Å²) in [6.45, 7) is 4.24.